The first-order valence-corrected chi connectivity index (χ1v) is 7.53. The Labute approximate surface area is 124 Å². The van der Waals surface area contributed by atoms with Gasteiger partial charge in [0.1, 0.15) is 5.82 Å². The summed E-state index contributed by atoms with van der Waals surface area (Å²) in [5.41, 5.74) is 1.01. The third-order valence-electron chi connectivity index (χ3n) is 4.07. The molecular formula is C15H20ClFN2O. The average molecular weight is 299 g/mol. The fourth-order valence-electron chi connectivity index (χ4n) is 2.77. The zero-order chi connectivity index (χ0) is 14.1. The number of rotatable bonds is 4. The van der Waals surface area contributed by atoms with Crippen LogP contribution in [0.3, 0.4) is 0 Å². The quantitative estimate of drug-likeness (QED) is 0.925. The third-order valence-corrected chi connectivity index (χ3v) is 4.36. The van der Waals surface area contributed by atoms with E-state index in [0.717, 1.165) is 25.3 Å². The molecule has 2 unspecified atom stereocenters. The number of hydrogen-bond acceptors (Lipinski definition) is 3. The minimum absolute atomic E-state index is 0.0795. The van der Waals surface area contributed by atoms with Crippen LogP contribution in [0, 0.1) is 5.82 Å². The zero-order valence-corrected chi connectivity index (χ0v) is 12.4. The smallest absolute Gasteiger partial charge is 0.141 e. The van der Waals surface area contributed by atoms with Crippen LogP contribution in [0.4, 0.5) is 4.39 Å². The monoisotopic (exact) mass is 298 g/mol. The summed E-state index contributed by atoms with van der Waals surface area (Å²) < 4.78 is 19.3. The topological polar surface area (TPSA) is 24.5 Å². The molecule has 2 fully saturated rings. The highest BCUT2D eigenvalue weighted by Crippen LogP contribution is 2.31. The summed E-state index contributed by atoms with van der Waals surface area (Å²) in [6, 6.07) is 5.74. The largest absolute Gasteiger partial charge is 0.374 e. The molecule has 5 heteroatoms. The van der Waals surface area contributed by atoms with E-state index < -0.39 is 0 Å². The maximum absolute atomic E-state index is 13.3. The molecule has 1 saturated heterocycles. The van der Waals surface area contributed by atoms with Gasteiger partial charge in [-0.2, -0.15) is 0 Å². The summed E-state index contributed by atoms with van der Waals surface area (Å²) in [5, 5.41) is 3.69. The summed E-state index contributed by atoms with van der Waals surface area (Å²) in [4.78, 5) is 2.26. The molecule has 20 heavy (non-hydrogen) atoms. The fraction of sp³-hybridized carbons (Fsp3) is 0.600. The Balaban J connectivity index is 1.78. The van der Waals surface area contributed by atoms with Crippen LogP contribution in [0.1, 0.15) is 24.4 Å². The van der Waals surface area contributed by atoms with Crippen LogP contribution >= 0.6 is 11.6 Å². The maximum atomic E-state index is 13.3. The van der Waals surface area contributed by atoms with E-state index in [4.69, 9.17) is 16.3 Å². The van der Waals surface area contributed by atoms with Crippen molar-refractivity contribution in [1.29, 1.82) is 0 Å². The molecule has 0 bridgehead atoms. The number of nitrogens with one attached hydrogen (secondary N) is 1. The molecule has 1 aromatic rings. The van der Waals surface area contributed by atoms with Crippen molar-refractivity contribution < 1.29 is 9.13 Å². The van der Waals surface area contributed by atoms with Gasteiger partial charge in [-0.3, -0.25) is 4.90 Å². The van der Waals surface area contributed by atoms with Gasteiger partial charge in [0.2, 0.25) is 0 Å². The van der Waals surface area contributed by atoms with Gasteiger partial charge in [0.25, 0.3) is 0 Å². The highest BCUT2D eigenvalue weighted by molar-refractivity contribution is 6.30. The predicted octanol–water partition coefficient (Wildman–Crippen LogP) is 2.60. The van der Waals surface area contributed by atoms with Gasteiger partial charge in [-0.05, 0) is 37.6 Å². The molecule has 1 heterocycles. The molecule has 2 aliphatic rings. The first-order chi connectivity index (χ1) is 9.65. The number of morpholine rings is 1. The van der Waals surface area contributed by atoms with Crippen LogP contribution in [-0.2, 0) is 4.74 Å². The molecule has 1 saturated carbocycles. The van der Waals surface area contributed by atoms with Gasteiger partial charge in [-0.25, -0.2) is 4.39 Å². The Kier molecular flexibility index (Phi) is 4.26. The Morgan fingerprint density at radius 2 is 2.25 bits per heavy atom. The molecule has 0 aromatic heterocycles. The molecule has 1 aromatic carbocycles. The maximum Gasteiger partial charge on any atom is 0.141 e. The second-order valence-corrected chi connectivity index (χ2v) is 6.10. The van der Waals surface area contributed by atoms with E-state index in [9.17, 15) is 4.39 Å². The lowest BCUT2D eigenvalue weighted by Gasteiger charge is -2.39. The Morgan fingerprint density at radius 3 is 2.95 bits per heavy atom. The molecular weight excluding hydrogens is 279 g/mol. The van der Waals surface area contributed by atoms with E-state index >= 15 is 0 Å². The molecule has 0 amide bonds. The lowest BCUT2D eigenvalue weighted by molar-refractivity contribution is -0.0615. The molecule has 110 valence electrons. The van der Waals surface area contributed by atoms with Gasteiger partial charge in [0.15, 0.2) is 0 Å². The Hall–Kier alpha value is -0.680. The van der Waals surface area contributed by atoms with Crippen LogP contribution in [0.5, 0.6) is 0 Å². The van der Waals surface area contributed by atoms with Crippen molar-refractivity contribution in [1.82, 2.24) is 10.2 Å². The third kappa shape index (κ3) is 3.14. The van der Waals surface area contributed by atoms with Crippen molar-refractivity contribution in [2.24, 2.45) is 0 Å². The molecule has 3 nitrogen and oxygen atoms in total. The normalized spacial score (nSPS) is 27.8. The average Bonchev–Trinajstić information content (AvgIpc) is 3.24. The van der Waals surface area contributed by atoms with Crippen molar-refractivity contribution in [2.45, 2.75) is 31.0 Å². The lowest BCUT2D eigenvalue weighted by atomic mass is 9.98. The number of nitrogens with zero attached hydrogens (tertiary/aromatic N) is 1. The van der Waals surface area contributed by atoms with Gasteiger partial charge < -0.3 is 10.1 Å². The van der Waals surface area contributed by atoms with Gasteiger partial charge in [0.05, 0.1) is 23.8 Å². The summed E-state index contributed by atoms with van der Waals surface area (Å²) in [5.74, 6) is -0.373. The van der Waals surface area contributed by atoms with E-state index in [0.29, 0.717) is 6.04 Å². The standard InChI is InChI=1S/C15H20ClFN2O/c1-19-6-7-20-14(9-18-11-3-4-11)15(19)10-2-5-13(17)12(16)8-10/h2,5,8,11,14-15,18H,3-4,6-7,9H2,1H3. The van der Waals surface area contributed by atoms with Crippen LogP contribution in [0.2, 0.25) is 5.02 Å². The second-order valence-electron chi connectivity index (χ2n) is 5.69. The van der Waals surface area contributed by atoms with E-state index in [2.05, 4.69) is 17.3 Å². The second kappa shape index (κ2) is 5.98. The van der Waals surface area contributed by atoms with Crippen molar-refractivity contribution in [2.75, 3.05) is 26.7 Å². The summed E-state index contributed by atoms with van der Waals surface area (Å²) in [6.07, 6.45) is 2.60. The van der Waals surface area contributed by atoms with E-state index in [-0.39, 0.29) is 23.0 Å². The number of ether oxygens (including phenoxy) is 1. The summed E-state index contributed by atoms with van der Waals surface area (Å²) in [6.45, 7) is 2.44. The van der Waals surface area contributed by atoms with Gasteiger partial charge in [-0.15, -0.1) is 0 Å². The van der Waals surface area contributed by atoms with E-state index in [1.807, 2.05) is 0 Å². The highest BCUT2D eigenvalue weighted by atomic mass is 35.5. The Bertz CT molecular complexity index is 481. The van der Waals surface area contributed by atoms with Crippen LogP contribution in [0.25, 0.3) is 0 Å². The number of likely N-dealkylation sites (N-methyl/N-ethyl adjacent to an activating group) is 1. The molecule has 3 rings (SSSR count). The molecule has 1 aliphatic heterocycles. The predicted molar refractivity (Wildman–Crippen MR) is 77.5 cm³/mol. The highest BCUT2D eigenvalue weighted by Gasteiger charge is 2.33. The van der Waals surface area contributed by atoms with E-state index in [1.165, 1.54) is 18.9 Å². The van der Waals surface area contributed by atoms with E-state index in [1.54, 1.807) is 12.1 Å². The molecule has 1 aliphatic carbocycles. The minimum Gasteiger partial charge on any atom is -0.374 e. The first-order valence-electron chi connectivity index (χ1n) is 7.15. The molecule has 1 N–H and O–H groups in total. The number of halogens is 2. The lowest BCUT2D eigenvalue weighted by Crippen LogP contribution is -2.47. The summed E-state index contributed by atoms with van der Waals surface area (Å²) in [7, 11) is 2.08. The molecule has 2 atom stereocenters. The van der Waals surface area contributed by atoms with Crippen molar-refractivity contribution >= 4 is 11.6 Å². The number of benzene rings is 1. The Morgan fingerprint density at radius 1 is 1.45 bits per heavy atom. The zero-order valence-electron chi connectivity index (χ0n) is 11.6. The van der Waals surface area contributed by atoms with Crippen molar-refractivity contribution in [3.05, 3.63) is 34.6 Å². The van der Waals surface area contributed by atoms with Gasteiger partial charge in [0, 0.05) is 19.1 Å². The van der Waals surface area contributed by atoms with Gasteiger partial charge in [-0.1, -0.05) is 17.7 Å². The minimum atomic E-state index is -0.373. The fourth-order valence-corrected chi connectivity index (χ4v) is 2.96. The van der Waals surface area contributed by atoms with Crippen molar-refractivity contribution in [3.63, 3.8) is 0 Å². The van der Waals surface area contributed by atoms with Crippen LogP contribution in [0.15, 0.2) is 18.2 Å². The number of hydrogen-bond donors (Lipinski definition) is 1. The van der Waals surface area contributed by atoms with Gasteiger partial charge >= 0.3 is 0 Å². The van der Waals surface area contributed by atoms with Crippen molar-refractivity contribution in [3.8, 4) is 0 Å². The summed E-state index contributed by atoms with van der Waals surface area (Å²) >= 11 is 5.92. The first kappa shape index (κ1) is 14.3. The SMILES string of the molecule is CN1CCOC(CNC2CC2)C1c1ccc(F)c(Cl)c1. The van der Waals surface area contributed by atoms with Crippen LogP contribution < -0.4 is 5.32 Å². The van der Waals surface area contributed by atoms with Crippen LogP contribution in [-0.4, -0.2) is 43.8 Å². The molecule has 0 radical (unpaired) electrons. The molecule has 0 spiro atoms.